The number of aliphatic hydroxyl groups is 1. The van der Waals surface area contributed by atoms with Crippen LogP contribution in [-0.4, -0.2) is 33.0 Å². The van der Waals surface area contributed by atoms with E-state index in [4.69, 9.17) is 0 Å². The van der Waals surface area contributed by atoms with Crippen molar-refractivity contribution in [2.24, 2.45) is 5.92 Å². The molecule has 2 atom stereocenters. The van der Waals surface area contributed by atoms with Gasteiger partial charge in [-0.1, -0.05) is 0 Å². The maximum absolute atomic E-state index is 9.94. The Morgan fingerprint density at radius 3 is 3.29 bits per heavy atom. The number of nitrogens with one attached hydrogen (secondary N) is 1. The van der Waals surface area contributed by atoms with Gasteiger partial charge in [0.2, 0.25) is 0 Å². The van der Waals surface area contributed by atoms with E-state index in [9.17, 15) is 5.11 Å². The number of piperidine rings is 1. The highest BCUT2D eigenvalue weighted by Gasteiger charge is 2.22. The van der Waals surface area contributed by atoms with E-state index in [1.165, 1.54) is 11.7 Å². The molecule has 0 aliphatic carbocycles. The highest BCUT2D eigenvalue weighted by Crippen LogP contribution is 2.17. The fourth-order valence-corrected chi connectivity index (χ4v) is 2.30. The zero-order valence-corrected chi connectivity index (χ0v) is 8.83. The minimum absolute atomic E-state index is 0.272. The van der Waals surface area contributed by atoms with E-state index in [0.29, 0.717) is 12.3 Å². The summed E-state index contributed by atoms with van der Waals surface area (Å²) >= 11 is 1.20. The van der Waals surface area contributed by atoms with Crippen LogP contribution in [0.4, 0.5) is 0 Å². The maximum atomic E-state index is 9.94. The van der Waals surface area contributed by atoms with E-state index in [0.717, 1.165) is 31.6 Å². The standard InChI is InChI=1S/C9H15N3OS/c13-9(4-8-6-11-14-12-8)7-2-1-3-10-5-7/h6-7,9-10,13H,1-5H2. The zero-order chi connectivity index (χ0) is 9.80. The molecular formula is C9H15N3OS. The quantitative estimate of drug-likeness (QED) is 0.765. The third kappa shape index (κ3) is 2.50. The summed E-state index contributed by atoms with van der Waals surface area (Å²) in [4.78, 5) is 0. The largest absolute Gasteiger partial charge is 0.392 e. The number of hydrogen-bond donors (Lipinski definition) is 2. The van der Waals surface area contributed by atoms with Crippen LogP contribution < -0.4 is 5.32 Å². The van der Waals surface area contributed by atoms with Crippen molar-refractivity contribution in [2.45, 2.75) is 25.4 Å². The summed E-state index contributed by atoms with van der Waals surface area (Å²) in [5, 5.41) is 13.2. The monoisotopic (exact) mass is 213 g/mol. The number of nitrogens with zero attached hydrogens (tertiary/aromatic N) is 2. The first-order valence-electron chi connectivity index (χ1n) is 5.01. The second kappa shape index (κ2) is 4.82. The molecule has 2 rings (SSSR count). The predicted octanol–water partition coefficient (Wildman–Crippen LogP) is 0.441. The Kier molecular flexibility index (Phi) is 3.44. The third-order valence-electron chi connectivity index (χ3n) is 2.70. The molecule has 2 heterocycles. The molecule has 78 valence electrons. The van der Waals surface area contributed by atoms with Crippen molar-refractivity contribution in [3.63, 3.8) is 0 Å². The molecule has 0 radical (unpaired) electrons. The SMILES string of the molecule is OC(Cc1cnsn1)C1CCCNC1. The number of aliphatic hydroxyl groups excluding tert-OH is 1. The molecule has 0 saturated carbocycles. The normalized spacial score (nSPS) is 24.8. The van der Waals surface area contributed by atoms with Gasteiger partial charge in [0.1, 0.15) is 0 Å². The minimum Gasteiger partial charge on any atom is -0.392 e. The first kappa shape index (κ1) is 10.0. The van der Waals surface area contributed by atoms with Crippen LogP contribution in [0.3, 0.4) is 0 Å². The average molecular weight is 213 g/mol. The maximum Gasteiger partial charge on any atom is 0.0768 e. The van der Waals surface area contributed by atoms with Gasteiger partial charge in [-0.25, -0.2) is 0 Å². The molecule has 14 heavy (non-hydrogen) atoms. The summed E-state index contributed by atoms with van der Waals surface area (Å²) in [7, 11) is 0. The van der Waals surface area contributed by atoms with Gasteiger partial charge in [-0.15, -0.1) is 0 Å². The Hall–Kier alpha value is -0.520. The first-order valence-corrected chi connectivity index (χ1v) is 5.74. The molecule has 0 amide bonds. The summed E-state index contributed by atoms with van der Waals surface area (Å²) in [6.45, 7) is 2.01. The Balaban J connectivity index is 1.85. The van der Waals surface area contributed by atoms with E-state index in [1.807, 2.05) is 0 Å². The highest BCUT2D eigenvalue weighted by atomic mass is 32.1. The molecule has 1 saturated heterocycles. The molecule has 2 unspecified atom stereocenters. The van der Waals surface area contributed by atoms with Crippen molar-refractivity contribution < 1.29 is 5.11 Å². The lowest BCUT2D eigenvalue weighted by Crippen LogP contribution is -2.37. The zero-order valence-electron chi connectivity index (χ0n) is 8.02. The van der Waals surface area contributed by atoms with Crippen LogP contribution in [0, 0.1) is 5.92 Å². The van der Waals surface area contributed by atoms with E-state index in [1.54, 1.807) is 6.20 Å². The molecule has 1 aromatic rings. The molecule has 0 spiro atoms. The summed E-state index contributed by atoms with van der Waals surface area (Å²) in [6.07, 6.45) is 4.39. The van der Waals surface area contributed by atoms with Crippen molar-refractivity contribution in [2.75, 3.05) is 13.1 Å². The minimum atomic E-state index is -0.272. The first-order chi connectivity index (χ1) is 6.86. The number of rotatable bonds is 3. The van der Waals surface area contributed by atoms with Gasteiger partial charge in [-0.05, 0) is 25.3 Å². The average Bonchev–Trinajstić information content (AvgIpc) is 2.72. The van der Waals surface area contributed by atoms with E-state index in [-0.39, 0.29) is 6.10 Å². The van der Waals surface area contributed by atoms with Crippen LogP contribution in [0.2, 0.25) is 0 Å². The van der Waals surface area contributed by atoms with Crippen LogP contribution >= 0.6 is 11.7 Å². The fourth-order valence-electron chi connectivity index (χ4n) is 1.86. The van der Waals surface area contributed by atoms with Crippen LogP contribution in [0.15, 0.2) is 6.20 Å². The Labute approximate surface area is 87.7 Å². The van der Waals surface area contributed by atoms with Crippen LogP contribution in [0.1, 0.15) is 18.5 Å². The molecule has 0 aromatic carbocycles. The summed E-state index contributed by atoms with van der Waals surface area (Å²) in [6, 6.07) is 0. The van der Waals surface area contributed by atoms with Crippen molar-refractivity contribution in [3.8, 4) is 0 Å². The van der Waals surface area contributed by atoms with Crippen molar-refractivity contribution in [1.82, 2.24) is 14.1 Å². The van der Waals surface area contributed by atoms with E-state index >= 15 is 0 Å². The molecule has 1 aliphatic heterocycles. The Morgan fingerprint density at radius 2 is 2.64 bits per heavy atom. The third-order valence-corrected chi connectivity index (χ3v) is 3.22. The second-order valence-electron chi connectivity index (χ2n) is 3.78. The number of aromatic nitrogens is 2. The number of hydrogen-bond acceptors (Lipinski definition) is 5. The van der Waals surface area contributed by atoms with Crippen molar-refractivity contribution >= 4 is 11.7 Å². The lowest BCUT2D eigenvalue weighted by Gasteiger charge is -2.26. The van der Waals surface area contributed by atoms with E-state index in [2.05, 4.69) is 14.1 Å². The van der Waals surface area contributed by atoms with E-state index < -0.39 is 0 Å². The van der Waals surface area contributed by atoms with Gasteiger partial charge in [0.05, 0.1) is 29.7 Å². The molecule has 1 fully saturated rings. The van der Waals surface area contributed by atoms with Crippen LogP contribution in [0.25, 0.3) is 0 Å². The molecule has 2 N–H and O–H groups in total. The molecule has 4 nitrogen and oxygen atoms in total. The predicted molar refractivity (Wildman–Crippen MR) is 55.2 cm³/mol. The van der Waals surface area contributed by atoms with Gasteiger partial charge in [-0.2, -0.15) is 8.75 Å². The van der Waals surface area contributed by atoms with Gasteiger partial charge < -0.3 is 10.4 Å². The fraction of sp³-hybridized carbons (Fsp3) is 0.778. The summed E-state index contributed by atoms with van der Waals surface area (Å²) < 4.78 is 8.03. The molecule has 1 aliphatic rings. The van der Waals surface area contributed by atoms with Crippen LogP contribution in [-0.2, 0) is 6.42 Å². The lowest BCUT2D eigenvalue weighted by molar-refractivity contribution is 0.0915. The molecule has 1 aromatic heterocycles. The lowest BCUT2D eigenvalue weighted by atomic mass is 9.91. The van der Waals surface area contributed by atoms with Crippen molar-refractivity contribution in [3.05, 3.63) is 11.9 Å². The van der Waals surface area contributed by atoms with Gasteiger partial charge >= 0.3 is 0 Å². The second-order valence-corrected chi connectivity index (χ2v) is 4.33. The molecular weight excluding hydrogens is 198 g/mol. The smallest absolute Gasteiger partial charge is 0.0768 e. The summed E-state index contributed by atoms with van der Waals surface area (Å²) in [5.74, 6) is 0.380. The summed E-state index contributed by atoms with van der Waals surface area (Å²) in [5.41, 5.74) is 0.910. The van der Waals surface area contributed by atoms with Crippen molar-refractivity contribution in [1.29, 1.82) is 0 Å². The highest BCUT2D eigenvalue weighted by molar-refractivity contribution is 6.99. The van der Waals surface area contributed by atoms with Gasteiger partial charge in [-0.3, -0.25) is 0 Å². The Bertz CT molecular complexity index is 259. The molecule has 0 bridgehead atoms. The van der Waals surface area contributed by atoms with Gasteiger partial charge in [0.15, 0.2) is 0 Å². The van der Waals surface area contributed by atoms with Gasteiger partial charge in [0.25, 0.3) is 0 Å². The van der Waals surface area contributed by atoms with Gasteiger partial charge in [0, 0.05) is 13.0 Å². The van der Waals surface area contributed by atoms with Crippen LogP contribution in [0.5, 0.6) is 0 Å². The topological polar surface area (TPSA) is 58.0 Å². The Morgan fingerprint density at radius 1 is 1.71 bits per heavy atom. The molecule has 5 heteroatoms.